The zero-order chi connectivity index (χ0) is 17.2. The van der Waals surface area contributed by atoms with Crippen molar-refractivity contribution in [2.75, 3.05) is 26.2 Å². The van der Waals surface area contributed by atoms with E-state index in [9.17, 15) is 0 Å². The predicted molar refractivity (Wildman–Crippen MR) is 110 cm³/mol. The zero-order valence-electron chi connectivity index (χ0n) is 15.1. The Morgan fingerprint density at radius 2 is 1.88 bits per heavy atom. The summed E-state index contributed by atoms with van der Waals surface area (Å²) in [5, 5.41) is 5.10. The van der Waals surface area contributed by atoms with Crippen LogP contribution >= 0.6 is 11.9 Å². The topological polar surface area (TPSA) is 20.2 Å². The van der Waals surface area contributed by atoms with Crippen LogP contribution in [-0.4, -0.2) is 35.6 Å². The van der Waals surface area contributed by atoms with Crippen LogP contribution in [0.5, 0.6) is 0 Å². The Bertz CT molecular complexity index is 908. The molecule has 1 aliphatic rings. The van der Waals surface area contributed by atoms with Gasteiger partial charge >= 0.3 is 0 Å². The molecule has 0 amide bonds. The maximum Gasteiger partial charge on any atom is 0.0498 e. The fraction of sp³-hybridized carbons (Fsp3) is 0.429. The molecule has 25 heavy (non-hydrogen) atoms. The standard InChI is InChI=1S/C21H27N3S/c1-3-24-16(2)17-8-7-9-18-20(11-10-19(24)21(17)18)25-22-12-15-23-13-5-4-6-14-23/h7-11,22H,2-6,12-15H2,1H3. The lowest BCUT2D eigenvalue weighted by Gasteiger charge is -2.26. The molecule has 0 bridgehead atoms. The summed E-state index contributed by atoms with van der Waals surface area (Å²) >= 11 is 1.77. The van der Waals surface area contributed by atoms with Gasteiger partial charge in [-0.15, -0.1) is 0 Å². The number of hydrogen-bond donors (Lipinski definition) is 1. The summed E-state index contributed by atoms with van der Waals surface area (Å²) in [6, 6.07) is 11.1. The number of hydrogen-bond acceptors (Lipinski definition) is 3. The molecule has 3 aromatic rings. The minimum Gasteiger partial charge on any atom is -0.341 e. The number of aromatic nitrogens is 1. The van der Waals surface area contributed by atoms with Crippen LogP contribution in [0.25, 0.3) is 28.3 Å². The van der Waals surface area contributed by atoms with Crippen LogP contribution in [0.1, 0.15) is 26.2 Å². The van der Waals surface area contributed by atoms with Gasteiger partial charge in [0, 0.05) is 46.2 Å². The Labute approximate surface area is 154 Å². The van der Waals surface area contributed by atoms with Crippen molar-refractivity contribution in [1.29, 1.82) is 0 Å². The highest BCUT2D eigenvalue weighted by atomic mass is 32.2. The summed E-state index contributed by atoms with van der Waals surface area (Å²) in [6.07, 6.45) is 4.12. The first-order valence-electron chi connectivity index (χ1n) is 9.44. The maximum atomic E-state index is 4.30. The predicted octanol–water partition coefficient (Wildman–Crippen LogP) is 4.03. The van der Waals surface area contributed by atoms with Crippen LogP contribution in [-0.2, 0) is 6.54 Å². The normalized spacial score (nSPS) is 16.2. The van der Waals surface area contributed by atoms with E-state index in [0.717, 1.165) is 25.0 Å². The average molecular weight is 354 g/mol. The van der Waals surface area contributed by atoms with Gasteiger partial charge in [0.1, 0.15) is 0 Å². The Hall–Kier alpha value is -1.49. The minimum absolute atomic E-state index is 0.961. The Morgan fingerprint density at radius 1 is 1.08 bits per heavy atom. The van der Waals surface area contributed by atoms with Crippen LogP contribution in [0.4, 0.5) is 0 Å². The van der Waals surface area contributed by atoms with E-state index in [1.54, 1.807) is 11.9 Å². The molecule has 3 nitrogen and oxygen atoms in total. The van der Waals surface area contributed by atoms with Gasteiger partial charge in [0.25, 0.3) is 0 Å². The van der Waals surface area contributed by atoms with E-state index in [4.69, 9.17) is 0 Å². The molecule has 0 spiro atoms. The second-order valence-electron chi connectivity index (χ2n) is 6.90. The fourth-order valence-corrected chi connectivity index (χ4v) is 4.85. The van der Waals surface area contributed by atoms with Gasteiger partial charge in [-0.05, 0) is 62.3 Å². The largest absolute Gasteiger partial charge is 0.341 e. The van der Waals surface area contributed by atoms with Crippen molar-refractivity contribution in [3.63, 3.8) is 0 Å². The van der Waals surface area contributed by atoms with E-state index in [1.807, 2.05) is 0 Å². The highest BCUT2D eigenvalue weighted by molar-refractivity contribution is 7.97. The molecule has 1 fully saturated rings. The van der Waals surface area contributed by atoms with E-state index < -0.39 is 0 Å². The van der Waals surface area contributed by atoms with Gasteiger partial charge in [-0.1, -0.05) is 31.2 Å². The molecule has 132 valence electrons. The SMILES string of the molecule is C=c1c2cccc3c(SNCCN4CCCCC4)ccc(c32)n1CC. The number of aryl methyl sites for hydroxylation is 1. The Morgan fingerprint density at radius 3 is 2.68 bits per heavy atom. The van der Waals surface area contributed by atoms with Crippen molar-refractivity contribution in [3.05, 3.63) is 35.7 Å². The van der Waals surface area contributed by atoms with Crippen molar-refractivity contribution in [1.82, 2.24) is 14.2 Å². The molecule has 1 saturated heterocycles. The summed E-state index contributed by atoms with van der Waals surface area (Å²) in [6.45, 7) is 12.2. The number of nitrogens with one attached hydrogen (secondary N) is 1. The highest BCUT2D eigenvalue weighted by Crippen LogP contribution is 2.32. The van der Waals surface area contributed by atoms with E-state index in [-0.39, 0.29) is 0 Å². The zero-order valence-corrected chi connectivity index (χ0v) is 15.9. The average Bonchev–Trinajstić information content (AvgIpc) is 2.94. The van der Waals surface area contributed by atoms with Crippen LogP contribution in [0, 0.1) is 0 Å². The number of benzene rings is 2. The lowest BCUT2D eigenvalue weighted by Crippen LogP contribution is -2.34. The molecule has 0 saturated carbocycles. The Kier molecular flexibility index (Phi) is 5.02. The second-order valence-corrected chi connectivity index (χ2v) is 7.83. The molecule has 0 radical (unpaired) electrons. The third-order valence-corrected chi connectivity index (χ3v) is 6.31. The van der Waals surface area contributed by atoms with Crippen molar-refractivity contribution in [2.45, 2.75) is 37.6 Å². The third-order valence-electron chi connectivity index (χ3n) is 5.38. The molecular formula is C21H27N3S. The minimum atomic E-state index is 0.961. The van der Waals surface area contributed by atoms with Crippen molar-refractivity contribution in [2.24, 2.45) is 0 Å². The van der Waals surface area contributed by atoms with Crippen molar-refractivity contribution in [3.8, 4) is 0 Å². The molecule has 2 aromatic carbocycles. The number of nitrogens with zero attached hydrogens (tertiary/aromatic N) is 2. The molecule has 4 heteroatoms. The summed E-state index contributed by atoms with van der Waals surface area (Å²) in [5.74, 6) is 0. The molecule has 1 aromatic heterocycles. The quantitative estimate of drug-likeness (QED) is 0.534. The molecule has 2 heterocycles. The Balaban J connectivity index is 1.52. The van der Waals surface area contributed by atoms with Gasteiger partial charge in [0.15, 0.2) is 0 Å². The van der Waals surface area contributed by atoms with Gasteiger partial charge in [0.2, 0.25) is 0 Å². The molecule has 0 aliphatic carbocycles. The van der Waals surface area contributed by atoms with Crippen LogP contribution in [0.3, 0.4) is 0 Å². The number of piperidine rings is 1. The van der Waals surface area contributed by atoms with Gasteiger partial charge < -0.3 is 9.47 Å². The first-order chi connectivity index (χ1) is 12.3. The summed E-state index contributed by atoms with van der Waals surface area (Å²) in [5.41, 5.74) is 1.30. The molecule has 4 rings (SSSR count). The first-order valence-corrected chi connectivity index (χ1v) is 10.3. The summed E-state index contributed by atoms with van der Waals surface area (Å²) in [4.78, 5) is 3.89. The lowest BCUT2D eigenvalue weighted by molar-refractivity contribution is 0.233. The van der Waals surface area contributed by atoms with Crippen LogP contribution < -0.4 is 10.1 Å². The second kappa shape index (κ2) is 7.40. The summed E-state index contributed by atoms with van der Waals surface area (Å²) in [7, 11) is 0. The number of likely N-dealkylation sites (tertiary alicyclic amines) is 1. The van der Waals surface area contributed by atoms with E-state index >= 15 is 0 Å². The maximum absolute atomic E-state index is 4.30. The van der Waals surface area contributed by atoms with Crippen LogP contribution in [0.15, 0.2) is 35.2 Å². The monoisotopic (exact) mass is 353 g/mol. The van der Waals surface area contributed by atoms with E-state index in [1.165, 1.54) is 58.9 Å². The summed E-state index contributed by atoms with van der Waals surface area (Å²) < 4.78 is 5.89. The molecule has 1 N–H and O–H groups in total. The van der Waals surface area contributed by atoms with Gasteiger partial charge in [-0.3, -0.25) is 4.72 Å². The lowest BCUT2D eigenvalue weighted by atomic mass is 10.1. The van der Waals surface area contributed by atoms with Crippen LogP contribution in [0.2, 0.25) is 0 Å². The molecule has 0 atom stereocenters. The van der Waals surface area contributed by atoms with Gasteiger partial charge in [0.05, 0.1) is 0 Å². The first kappa shape index (κ1) is 17.0. The van der Waals surface area contributed by atoms with Gasteiger partial charge in [-0.2, -0.15) is 0 Å². The van der Waals surface area contributed by atoms with Crippen molar-refractivity contribution >= 4 is 40.2 Å². The molecule has 1 aliphatic heterocycles. The number of rotatable bonds is 6. The third kappa shape index (κ3) is 3.19. The highest BCUT2D eigenvalue weighted by Gasteiger charge is 2.13. The smallest absolute Gasteiger partial charge is 0.0498 e. The van der Waals surface area contributed by atoms with Gasteiger partial charge in [-0.25, -0.2) is 0 Å². The molecule has 0 unspecified atom stereocenters. The molecular weight excluding hydrogens is 326 g/mol. The fourth-order valence-electron chi connectivity index (χ4n) is 4.08. The van der Waals surface area contributed by atoms with E-state index in [0.29, 0.717) is 0 Å². The van der Waals surface area contributed by atoms with E-state index in [2.05, 4.69) is 58.0 Å². The van der Waals surface area contributed by atoms with Crippen molar-refractivity contribution < 1.29 is 0 Å².